The van der Waals surface area contributed by atoms with E-state index >= 15 is 0 Å². The number of hydrogen-bond acceptors (Lipinski definition) is 5. The van der Waals surface area contributed by atoms with Crippen molar-refractivity contribution in [1.29, 1.82) is 0 Å². The van der Waals surface area contributed by atoms with E-state index in [0.29, 0.717) is 6.07 Å². The number of benzene rings is 2. The van der Waals surface area contributed by atoms with Gasteiger partial charge in [0.2, 0.25) is 15.9 Å². The average Bonchev–Trinajstić information content (AvgIpc) is 2.71. The molecule has 8 nitrogen and oxygen atoms in total. The summed E-state index contributed by atoms with van der Waals surface area (Å²) < 4.78 is 72.1. The normalized spacial score (nSPS) is 11.3. The van der Waals surface area contributed by atoms with Crippen molar-refractivity contribution < 1.29 is 35.9 Å². The van der Waals surface area contributed by atoms with Crippen LogP contribution in [0, 0.1) is 17.5 Å². The van der Waals surface area contributed by atoms with Crippen molar-refractivity contribution in [3.63, 3.8) is 0 Å². The molecule has 0 saturated carbocycles. The zero-order valence-electron chi connectivity index (χ0n) is 16.8. The van der Waals surface area contributed by atoms with Gasteiger partial charge in [0, 0.05) is 11.6 Å². The monoisotopic (exact) mass is 459 g/mol. The maximum Gasteiger partial charge on any atom is 0.251 e. The van der Waals surface area contributed by atoms with E-state index in [2.05, 4.69) is 10.0 Å². The van der Waals surface area contributed by atoms with Crippen LogP contribution in [0.15, 0.2) is 35.2 Å². The molecule has 2 aromatic rings. The highest BCUT2D eigenvalue weighted by molar-refractivity contribution is 7.89. The van der Waals surface area contributed by atoms with Gasteiger partial charge in [0.15, 0.2) is 17.5 Å². The fraction of sp³-hybridized carbons (Fsp3) is 0.263. The minimum Gasteiger partial charge on any atom is -0.495 e. The first-order valence-electron chi connectivity index (χ1n) is 8.88. The second-order valence-electron chi connectivity index (χ2n) is 6.60. The standard InChI is InChI=1S/C19H20F3N3O5S/c1-10(2)25-31(28,29)15-8-11(4-7-14(15)30-3)19(27)23-9-16(26)24-13-6-5-12(20)17(21)18(13)22/h4-8,10,25H,9H2,1-3H3,(H,23,27)(H,24,26). The number of ether oxygens (including phenoxy) is 1. The van der Waals surface area contributed by atoms with Gasteiger partial charge in [-0.05, 0) is 44.2 Å². The first-order chi connectivity index (χ1) is 14.5. The lowest BCUT2D eigenvalue weighted by atomic mass is 10.2. The Hall–Kier alpha value is -3.12. The first kappa shape index (κ1) is 24.2. The van der Waals surface area contributed by atoms with E-state index in [1.807, 2.05) is 5.32 Å². The summed E-state index contributed by atoms with van der Waals surface area (Å²) in [5.74, 6) is -6.45. The predicted molar refractivity (Wildman–Crippen MR) is 106 cm³/mol. The summed E-state index contributed by atoms with van der Waals surface area (Å²) in [5.41, 5.74) is -0.688. The molecule has 0 unspecified atom stereocenters. The van der Waals surface area contributed by atoms with Crippen LogP contribution in [0.3, 0.4) is 0 Å². The maximum atomic E-state index is 13.6. The Morgan fingerprint density at radius 1 is 1.06 bits per heavy atom. The minimum absolute atomic E-state index is 0.0104. The number of carbonyl (C=O) groups is 2. The Morgan fingerprint density at radius 3 is 2.35 bits per heavy atom. The molecule has 0 aliphatic carbocycles. The van der Waals surface area contributed by atoms with E-state index < -0.39 is 57.6 Å². The van der Waals surface area contributed by atoms with Crippen molar-refractivity contribution in [2.75, 3.05) is 19.0 Å². The summed E-state index contributed by atoms with van der Waals surface area (Å²) >= 11 is 0. The highest BCUT2D eigenvalue weighted by Gasteiger charge is 2.23. The Kier molecular flexibility index (Phi) is 7.63. The Balaban J connectivity index is 2.13. The second kappa shape index (κ2) is 9.79. The number of methoxy groups -OCH3 is 1. The van der Waals surface area contributed by atoms with E-state index in [1.54, 1.807) is 13.8 Å². The fourth-order valence-corrected chi connectivity index (χ4v) is 3.93. The topological polar surface area (TPSA) is 114 Å². The molecule has 0 saturated heterocycles. The van der Waals surface area contributed by atoms with Gasteiger partial charge in [-0.3, -0.25) is 9.59 Å². The zero-order chi connectivity index (χ0) is 23.3. The quantitative estimate of drug-likeness (QED) is 0.524. The summed E-state index contributed by atoms with van der Waals surface area (Å²) in [5, 5.41) is 4.22. The van der Waals surface area contributed by atoms with Crippen LogP contribution in [0.2, 0.25) is 0 Å². The van der Waals surface area contributed by atoms with Crippen LogP contribution in [-0.4, -0.2) is 39.9 Å². The molecule has 0 aliphatic heterocycles. The maximum absolute atomic E-state index is 13.6. The molecule has 0 bridgehead atoms. The average molecular weight is 459 g/mol. The molecule has 31 heavy (non-hydrogen) atoms. The van der Waals surface area contributed by atoms with Crippen LogP contribution in [0.5, 0.6) is 5.75 Å². The van der Waals surface area contributed by atoms with Gasteiger partial charge < -0.3 is 15.4 Å². The third kappa shape index (κ3) is 5.95. The molecule has 3 N–H and O–H groups in total. The Bertz CT molecular complexity index is 1110. The number of carbonyl (C=O) groups excluding carboxylic acids is 2. The summed E-state index contributed by atoms with van der Waals surface area (Å²) in [6.07, 6.45) is 0. The highest BCUT2D eigenvalue weighted by Crippen LogP contribution is 2.25. The third-order valence-electron chi connectivity index (χ3n) is 3.82. The summed E-state index contributed by atoms with van der Waals surface area (Å²) in [7, 11) is -2.72. The van der Waals surface area contributed by atoms with Gasteiger partial charge in [-0.1, -0.05) is 0 Å². The number of rotatable bonds is 8. The summed E-state index contributed by atoms with van der Waals surface area (Å²) in [6.45, 7) is 2.60. The molecule has 0 aliphatic rings. The fourth-order valence-electron chi connectivity index (χ4n) is 2.48. The molecule has 2 amide bonds. The SMILES string of the molecule is COc1ccc(C(=O)NCC(=O)Nc2ccc(F)c(F)c2F)cc1S(=O)(=O)NC(C)C. The van der Waals surface area contributed by atoms with E-state index in [0.717, 1.165) is 12.1 Å². The van der Waals surface area contributed by atoms with Crippen LogP contribution < -0.4 is 20.1 Å². The molecular formula is C19H20F3N3O5S. The number of halogens is 3. The van der Waals surface area contributed by atoms with Crippen molar-refractivity contribution in [2.45, 2.75) is 24.8 Å². The minimum atomic E-state index is -3.98. The van der Waals surface area contributed by atoms with Gasteiger partial charge >= 0.3 is 0 Å². The van der Waals surface area contributed by atoms with Gasteiger partial charge in [-0.25, -0.2) is 26.3 Å². The van der Waals surface area contributed by atoms with Crippen molar-refractivity contribution in [1.82, 2.24) is 10.0 Å². The zero-order valence-corrected chi connectivity index (χ0v) is 17.6. The number of amides is 2. The lowest BCUT2D eigenvalue weighted by Crippen LogP contribution is -2.33. The summed E-state index contributed by atoms with van der Waals surface area (Å²) in [4.78, 5) is 24.0. The van der Waals surface area contributed by atoms with E-state index in [-0.39, 0.29) is 16.2 Å². The van der Waals surface area contributed by atoms with E-state index in [4.69, 9.17) is 4.74 Å². The molecule has 0 fully saturated rings. The van der Waals surface area contributed by atoms with Crippen molar-refractivity contribution >= 4 is 27.5 Å². The molecule has 0 radical (unpaired) electrons. The molecular weight excluding hydrogens is 439 g/mol. The van der Waals surface area contributed by atoms with Gasteiger partial charge in [0.1, 0.15) is 10.6 Å². The second-order valence-corrected chi connectivity index (χ2v) is 8.28. The number of anilines is 1. The summed E-state index contributed by atoms with van der Waals surface area (Å²) in [6, 6.07) is 4.70. The molecule has 0 aromatic heterocycles. The third-order valence-corrected chi connectivity index (χ3v) is 5.50. The molecule has 2 aromatic carbocycles. The van der Waals surface area contributed by atoms with Gasteiger partial charge in [0.05, 0.1) is 19.3 Å². The molecule has 0 spiro atoms. The lowest BCUT2D eigenvalue weighted by molar-refractivity contribution is -0.115. The number of sulfonamides is 1. The Labute approximate surface area is 176 Å². The molecule has 12 heteroatoms. The van der Waals surface area contributed by atoms with Crippen LogP contribution in [0.4, 0.5) is 18.9 Å². The van der Waals surface area contributed by atoms with Crippen molar-refractivity contribution in [2.24, 2.45) is 0 Å². The molecule has 168 valence electrons. The number of hydrogen-bond donors (Lipinski definition) is 3. The molecule has 2 rings (SSSR count). The van der Waals surface area contributed by atoms with Crippen LogP contribution in [0.1, 0.15) is 24.2 Å². The van der Waals surface area contributed by atoms with Crippen molar-refractivity contribution in [3.8, 4) is 5.75 Å². The van der Waals surface area contributed by atoms with E-state index in [1.165, 1.54) is 19.2 Å². The lowest BCUT2D eigenvalue weighted by Gasteiger charge is -2.14. The van der Waals surface area contributed by atoms with Gasteiger partial charge in [-0.15, -0.1) is 0 Å². The largest absolute Gasteiger partial charge is 0.495 e. The predicted octanol–water partition coefficient (Wildman–Crippen LogP) is 2.17. The molecule has 0 atom stereocenters. The number of nitrogens with one attached hydrogen (secondary N) is 3. The Morgan fingerprint density at radius 2 is 1.74 bits per heavy atom. The van der Waals surface area contributed by atoms with Crippen molar-refractivity contribution in [3.05, 3.63) is 53.3 Å². The van der Waals surface area contributed by atoms with E-state index in [9.17, 15) is 31.2 Å². The van der Waals surface area contributed by atoms with Gasteiger partial charge in [0.25, 0.3) is 5.91 Å². The van der Waals surface area contributed by atoms with Crippen LogP contribution >= 0.6 is 0 Å². The first-order valence-corrected chi connectivity index (χ1v) is 10.4. The van der Waals surface area contributed by atoms with Crippen LogP contribution in [0.25, 0.3) is 0 Å². The van der Waals surface area contributed by atoms with Crippen LogP contribution in [-0.2, 0) is 14.8 Å². The smallest absolute Gasteiger partial charge is 0.251 e. The van der Waals surface area contributed by atoms with Gasteiger partial charge in [-0.2, -0.15) is 0 Å². The molecule has 0 heterocycles. The highest BCUT2D eigenvalue weighted by atomic mass is 32.2.